The number of piperidine rings is 1. The molecule has 60 valence electrons. The van der Waals surface area contributed by atoms with Crippen molar-refractivity contribution in [1.29, 1.82) is 0 Å². The van der Waals surface area contributed by atoms with Gasteiger partial charge in [-0.1, -0.05) is 6.92 Å². The van der Waals surface area contributed by atoms with Gasteiger partial charge in [-0.15, -0.1) is 0 Å². The second-order valence-electron chi connectivity index (χ2n) is 2.79. The highest BCUT2D eigenvalue weighted by Gasteiger charge is 2.17. The fourth-order valence-corrected chi connectivity index (χ4v) is 1.41. The maximum Gasteiger partial charge on any atom is 0.0914 e. The van der Waals surface area contributed by atoms with Crippen LogP contribution in [0.3, 0.4) is 0 Å². The zero-order chi connectivity index (χ0) is 7.40. The smallest absolute Gasteiger partial charge is 0.0914 e. The number of likely N-dealkylation sites (N-methyl/N-ethyl adjacent to an activating group) is 1. The second kappa shape index (κ2) is 3.91. The van der Waals surface area contributed by atoms with Gasteiger partial charge in [0, 0.05) is 6.54 Å². The van der Waals surface area contributed by atoms with Crippen LogP contribution < -0.4 is 5.90 Å². The summed E-state index contributed by atoms with van der Waals surface area (Å²) in [5.41, 5.74) is 0. The van der Waals surface area contributed by atoms with E-state index in [-0.39, 0.29) is 6.10 Å². The minimum Gasteiger partial charge on any atom is -0.301 e. The summed E-state index contributed by atoms with van der Waals surface area (Å²) in [6.45, 7) is 5.49. The van der Waals surface area contributed by atoms with E-state index in [9.17, 15) is 0 Å². The van der Waals surface area contributed by atoms with Crippen LogP contribution in [0.1, 0.15) is 19.8 Å². The van der Waals surface area contributed by atoms with Crippen molar-refractivity contribution >= 4 is 0 Å². The van der Waals surface area contributed by atoms with Crippen LogP contribution in [0.4, 0.5) is 0 Å². The first-order chi connectivity index (χ1) is 4.86. The Hall–Kier alpha value is -0.120. The molecule has 0 aromatic carbocycles. The highest BCUT2D eigenvalue weighted by Crippen LogP contribution is 2.10. The van der Waals surface area contributed by atoms with E-state index in [1.165, 1.54) is 13.0 Å². The lowest BCUT2D eigenvalue weighted by Gasteiger charge is -2.30. The Bertz CT molecular complexity index is 87.6. The summed E-state index contributed by atoms with van der Waals surface area (Å²) in [7, 11) is 0. The molecule has 1 heterocycles. The van der Waals surface area contributed by atoms with E-state index in [1.807, 2.05) is 0 Å². The second-order valence-corrected chi connectivity index (χ2v) is 2.79. The third-order valence-corrected chi connectivity index (χ3v) is 2.10. The molecule has 3 nitrogen and oxygen atoms in total. The molecule has 0 aromatic rings. The fourth-order valence-electron chi connectivity index (χ4n) is 1.41. The van der Waals surface area contributed by atoms with Crippen molar-refractivity contribution < 1.29 is 4.84 Å². The van der Waals surface area contributed by atoms with Crippen LogP contribution in [0, 0.1) is 0 Å². The summed E-state index contributed by atoms with van der Waals surface area (Å²) in [6, 6.07) is 0. The lowest BCUT2D eigenvalue weighted by Crippen LogP contribution is -2.40. The molecule has 0 saturated carbocycles. The van der Waals surface area contributed by atoms with Gasteiger partial charge >= 0.3 is 0 Å². The van der Waals surface area contributed by atoms with Gasteiger partial charge in [-0.25, -0.2) is 5.90 Å². The molecule has 0 aromatic heterocycles. The molecule has 0 aliphatic carbocycles. The van der Waals surface area contributed by atoms with Gasteiger partial charge in [-0.2, -0.15) is 0 Å². The first kappa shape index (κ1) is 7.98. The largest absolute Gasteiger partial charge is 0.301 e. The summed E-state index contributed by atoms with van der Waals surface area (Å²) in [5, 5.41) is 0. The van der Waals surface area contributed by atoms with Crippen molar-refractivity contribution in [3.63, 3.8) is 0 Å². The van der Waals surface area contributed by atoms with Crippen molar-refractivity contribution in [2.45, 2.75) is 25.9 Å². The van der Waals surface area contributed by atoms with Gasteiger partial charge in [-0.05, 0) is 25.9 Å². The highest BCUT2D eigenvalue weighted by molar-refractivity contribution is 4.71. The number of hydrogen-bond acceptors (Lipinski definition) is 3. The van der Waals surface area contributed by atoms with E-state index in [4.69, 9.17) is 10.7 Å². The Morgan fingerprint density at radius 3 is 3.10 bits per heavy atom. The Morgan fingerprint density at radius 1 is 1.70 bits per heavy atom. The van der Waals surface area contributed by atoms with Crippen LogP contribution >= 0.6 is 0 Å². The van der Waals surface area contributed by atoms with Crippen molar-refractivity contribution in [3.05, 3.63) is 0 Å². The Balaban J connectivity index is 2.25. The first-order valence-corrected chi connectivity index (χ1v) is 3.94. The first-order valence-electron chi connectivity index (χ1n) is 3.94. The minimum absolute atomic E-state index is 0.272. The molecule has 1 aliphatic heterocycles. The molecule has 1 fully saturated rings. The third-order valence-electron chi connectivity index (χ3n) is 2.10. The van der Waals surface area contributed by atoms with Crippen molar-refractivity contribution in [2.75, 3.05) is 19.6 Å². The third kappa shape index (κ3) is 1.94. The Morgan fingerprint density at radius 2 is 2.50 bits per heavy atom. The van der Waals surface area contributed by atoms with E-state index in [0.29, 0.717) is 0 Å². The van der Waals surface area contributed by atoms with Crippen LogP contribution in [-0.2, 0) is 4.84 Å². The highest BCUT2D eigenvalue weighted by atomic mass is 16.6. The van der Waals surface area contributed by atoms with Gasteiger partial charge in [0.15, 0.2) is 0 Å². The molecule has 0 spiro atoms. The standard InChI is InChI=1S/C7H16N2O/c1-2-9-5-3-4-7(6-9)10-8/h7H,2-6,8H2,1H3. The van der Waals surface area contributed by atoms with Crippen molar-refractivity contribution in [3.8, 4) is 0 Å². The number of nitrogens with two attached hydrogens (primary N) is 1. The minimum atomic E-state index is 0.272. The van der Waals surface area contributed by atoms with Crippen molar-refractivity contribution in [1.82, 2.24) is 4.90 Å². The number of hydrogen-bond donors (Lipinski definition) is 1. The molecule has 1 atom stereocenters. The van der Waals surface area contributed by atoms with Crippen molar-refractivity contribution in [2.24, 2.45) is 5.90 Å². The number of likely N-dealkylation sites (tertiary alicyclic amines) is 1. The molecule has 1 unspecified atom stereocenters. The molecule has 10 heavy (non-hydrogen) atoms. The Labute approximate surface area is 62.1 Å². The van der Waals surface area contributed by atoms with Crippen LogP contribution in [0.15, 0.2) is 0 Å². The van der Waals surface area contributed by atoms with Crippen LogP contribution in [0.5, 0.6) is 0 Å². The molecule has 0 bridgehead atoms. The van der Waals surface area contributed by atoms with Gasteiger partial charge in [-0.3, -0.25) is 4.84 Å². The molecular weight excluding hydrogens is 128 g/mol. The zero-order valence-electron chi connectivity index (χ0n) is 6.55. The monoisotopic (exact) mass is 144 g/mol. The summed E-state index contributed by atoms with van der Waals surface area (Å²) in [6.07, 6.45) is 2.61. The lowest BCUT2D eigenvalue weighted by molar-refractivity contribution is 0.0000260. The lowest BCUT2D eigenvalue weighted by atomic mass is 10.1. The van der Waals surface area contributed by atoms with Gasteiger partial charge in [0.1, 0.15) is 0 Å². The maximum atomic E-state index is 5.09. The quantitative estimate of drug-likeness (QED) is 0.569. The molecule has 0 amide bonds. The average Bonchev–Trinajstić information content (AvgIpc) is 2.05. The normalized spacial score (nSPS) is 28.8. The van der Waals surface area contributed by atoms with Crippen LogP contribution in [0.2, 0.25) is 0 Å². The molecule has 1 aliphatic rings. The fraction of sp³-hybridized carbons (Fsp3) is 1.00. The van der Waals surface area contributed by atoms with E-state index >= 15 is 0 Å². The maximum absolute atomic E-state index is 5.09. The Kier molecular flexibility index (Phi) is 3.12. The van der Waals surface area contributed by atoms with E-state index < -0.39 is 0 Å². The van der Waals surface area contributed by atoms with Gasteiger partial charge in [0.25, 0.3) is 0 Å². The van der Waals surface area contributed by atoms with Gasteiger partial charge < -0.3 is 4.90 Å². The summed E-state index contributed by atoms with van der Waals surface area (Å²) < 4.78 is 0. The average molecular weight is 144 g/mol. The predicted molar refractivity (Wildman–Crippen MR) is 40.4 cm³/mol. The topological polar surface area (TPSA) is 38.5 Å². The van der Waals surface area contributed by atoms with E-state index in [0.717, 1.165) is 19.5 Å². The molecule has 1 rings (SSSR count). The van der Waals surface area contributed by atoms with Gasteiger partial charge in [0.2, 0.25) is 0 Å². The molecule has 1 saturated heterocycles. The van der Waals surface area contributed by atoms with Crippen LogP contribution in [-0.4, -0.2) is 30.6 Å². The predicted octanol–water partition coefficient (Wildman–Crippen LogP) is 0.361. The summed E-state index contributed by atoms with van der Waals surface area (Å²) >= 11 is 0. The van der Waals surface area contributed by atoms with E-state index in [2.05, 4.69) is 11.8 Å². The zero-order valence-corrected chi connectivity index (χ0v) is 6.55. The molecular formula is C7H16N2O. The van der Waals surface area contributed by atoms with Gasteiger partial charge in [0.05, 0.1) is 6.10 Å². The van der Waals surface area contributed by atoms with Crippen LogP contribution in [0.25, 0.3) is 0 Å². The summed E-state index contributed by atoms with van der Waals surface area (Å²) in [5.74, 6) is 5.09. The molecule has 0 radical (unpaired) electrons. The molecule has 2 N–H and O–H groups in total. The van der Waals surface area contributed by atoms with E-state index in [1.54, 1.807) is 0 Å². The summed E-state index contributed by atoms with van der Waals surface area (Å²) in [4.78, 5) is 7.14. The number of rotatable bonds is 2. The molecule has 3 heteroatoms. The number of nitrogens with zero attached hydrogens (tertiary/aromatic N) is 1. The SMILES string of the molecule is CCN1CCCC(ON)C1.